The van der Waals surface area contributed by atoms with E-state index in [-0.39, 0.29) is 25.2 Å². The van der Waals surface area contributed by atoms with E-state index in [1.807, 2.05) is 0 Å². The average molecular weight is 385 g/mol. The Labute approximate surface area is 165 Å². The molecule has 0 aromatic rings. The van der Waals surface area contributed by atoms with Crippen LogP contribution in [-0.2, 0) is 9.53 Å². The predicted molar refractivity (Wildman–Crippen MR) is 110 cm³/mol. The SMILES string of the molecule is CCCCCNC(=O)NCCCC/C=C\CCCCCCC(=O)OCCO. The molecule has 0 radical (unpaired) electrons. The average Bonchev–Trinajstić information content (AvgIpc) is 2.67. The Bertz CT molecular complexity index is 386. The standard InChI is InChI=1S/C21H40N2O4/c1-2-3-13-16-22-21(26)23-17-14-11-9-7-5-4-6-8-10-12-15-20(25)27-19-18-24/h5,7,24H,2-4,6,8-19H2,1H3,(H2,22,23,26)/b7-5-. The molecule has 0 aliphatic heterocycles. The quantitative estimate of drug-likeness (QED) is 0.189. The molecule has 0 fully saturated rings. The van der Waals surface area contributed by atoms with Gasteiger partial charge in [-0.25, -0.2) is 4.79 Å². The van der Waals surface area contributed by atoms with Crippen LogP contribution in [0.5, 0.6) is 0 Å². The van der Waals surface area contributed by atoms with Crippen molar-refractivity contribution >= 4 is 12.0 Å². The van der Waals surface area contributed by atoms with Crippen LogP contribution in [0.3, 0.4) is 0 Å². The molecule has 0 heterocycles. The van der Waals surface area contributed by atoms with E-state index in [0.29, 0.717) is 6.42 Å². The van der Waals surface area contributed by atoms with Crippen LogP contribution in [0.15, 0.2) is 12.2 Å². The van der Waals surface area contributed by atoms with Crippen molar-refractivity contribution in [3.63, 3.8) is 0 Å². The highest BCUT2D eigenvalue weighted by atomic mass is 16.5. The maximum absolute atomic E-state index is 11.5. The fourth-order valence-corrected chi connectivity index (χ4v) is 2.58. The van der Waals surface area contributed by atoms with Crippen molar-refractivity contribution < 1.29 is 19.4 Å². The van der Waals surface area contributed by atoms with Crippen LogP contribution in [0.25, 0.3) is 0 Å². The fraction of sp³-hybridized carbons (Fsp3) is 0.810. The number of carbonyl (C=O) groups excluding carboxylic acids is 2. The Morgan fingerprint density at radius 1 is 0.852 bits per heavy atom. The molecular formula is C21H40N2O4. The topological polar surface area (TPSA) is 87.7 Å². The molecule has 0 aliphatic rings. The lowest BCUT2D eigenvalue weighted by Gasteiger charge is -2.06. The van der Waals surface area contributed by atoms with Crippen molar-refractivity contribution in [3.05, 3.63) is 12.2 Å². The highest BCUT2D eigenvalue weighted by Crippen LogP contribution is 2.07. The van der Waals surface area contributed by atoms with Crippen LogP contribution in [0, 0.1) is 0 Å². The molecule has 0 aromatic carbocycles. The van der Waals surface area contributed by atoms with Gasteiger partial charge < -0.3 is 20.5 Å². The molecule has 0 spiro atoms. The summed E-state index contributed by atoms with van der Waals surface area (Å²) in [5.41, 5.74) is 0. The number of aliphatic hydroxyl groups is 1. The Morgan fingerprint density at radius 2 is 1.44 bits per heavy atom. The van der Waals surface area contributed by atoms with Crippen molar-refractivity contribution in [1.82, 2.24) is 10.6 Å². The lowest BCUT2D eigenvalue weighted by Crippen LogP contribution is -2.36. The molecule has 0 rings (SSSR count). The Kier molecular flexibility index (Phi) is 19.5. The molecule has 0 unspecified atom stereocenters. The lowest BCUT2D eigenvalue weighted by atomic mass is 10.1. The van der Waals surface area contributed by atoms with Gasteiger partial charge in [0.2, 0.25) is 0 Å². The largest absolute Gasteiger partial charge is 0.463 e. The molecule has 6 heteroatoms. The number of hydrogen-bond donors (Lipinski definition) is 3. The normalized spacial score (nSPS) is 10.9. The first-order valence-electron chi connectivity index (χ1n) is 10.6. The van der Waals surface area contributed by atoms with Crippen LogP contribution < -0.4 is 10.6 Å². The summed E-state index contributed by atoms with van der Waals surface area (Å²) in [6, 6.07) is -0.0525. The van der Waals surface area contributed by atoms with Crippen LogP contribution in [0.2, 0.25) is 0 Å². The van der Waals surface area contributed by atoms with Gasteiger partial charge in [0.25, 0.3) is 0 Å². The summed E-state index contributed by atoms with van der Waals surface area (Å²) in [5, 5.41) is 14.3. The van der Waals surface area contributed by atoms with Gasteiger partial charge in [0.1, 0.15) is 6.61 Å². The highest BCUT2D eigenvalue weighted by molar-refractivity contribution is 5.73. The molecule has 27 heavy (non-hydrogen) atoms. The van der Waals surface area contributed by atoms with Gasteiger partial charge in [0.05, 0.1) is 6.61 Å². The van der Waals surface area contributed by atoms with E-state index in [4.69, 9.17) is 9.84 Å². The summed E-state index contributed by atoms with van der Waals surface area (Å²) < 4.78 is 4.80. The third-order valence-electron chi connectivity index (χ3n) is 4.17. The van der Waals surface area contributed by atoms with Gasteiger partial charge in [-0.15, -0.1) is 0 Å². The number of unbranched alkanes of at least 4 members (excludes halogenated alkanes) is 8. The molecule has 2 amide bonds. The zero-order valence-corrected chi connectivity index (χ0v) is 17.1. The molecule has 158 valence electrons. The van der Waals surface area contributed by atoms with Crippen LogP contribution in [0.1, 0.15) is 84.0 Å². The van der Waals surface area contributed by atoms with E-state index in [0.717, 1.165) is 77.3 Å². The van der Waals surface area contributed by atoms with Gasteiger partial charge >= 0.3 is 12.0 Å². The lowest BCUT2D eigenvalue weighted by molar-refractivity contribution is -0.144. The number of nitrogens with one attached hydrogen (secondary N) is 2. The van der Waals surface area contributed by atoms with E-state index in [9.17, 15) is 9.59 Å². The minimum atomic E-state index is -0.215. The molecule has 0 aromatic heterocycles. The number of hydrogen-bond acceptors (Lipinski definition) is 4. The molecule has 0 atom stereocenters. The maximum Gasteiger partial charge on any atom is 0.314 e. The van der Waals surface area contributed by atoms with Crippen molar-refractivity contribution in [1.29, 1.82) is 0 Å². The molecule has 0 aliphatic carbocycles. The number of esters is 1. The summed E-state index contributed by atoms with van der Waals surface area (Å²) >= 11 is 0. The molecule has 0 saturated carbocycles. The maximum atomic E-state index is 11.5. The van der Waals surface area contributed by atoms with Gasteiger partial charge in [-0.2, -0.15) is 0 Å². The van der Waals surface area contributed by atoms with Crippen molar-refractivity contribution in [2.75, 3.05) is 26.3 Å². The van der Waals surface area contributed by atoms with E-state index in [1.54, 1.807) is 0 Å². The summed E-state index contributed by atoms with van der Waals surface area (Å²) in [6.07, 6.45) is 16.6. The number of urea groups is 1. The molecular weight excluding hydrogens is 344 g/mol. The van der Waals surface area contributed by atoms with E-state index in [1.165, 1.54) is 6.42 Å². The van der Waals surface area contributed by atoms with Crippen molar-refractivity contribution in [2.24, 2.45) is 0 Å². The van der Waals surface area contributed by atoms with E-state index >= 15 is 0 Å². The first-order chi connectivity index (χ1) is 13.2. The van der Waals surface area contributed by atoms with Crippen LogP contribution in [0.4, 0.5) is 4.79 Å². The van der Waals surface area contributed by atoms with Crippen LogP contribution in [-0.4, -0.2) is 43.4 Å². The predicted octanol–water partition coefficient (Wildman–Crippen LogP) is 4.08. The van der Waals surface area contributed by atoms with E-state index < -0.39 is 0 Å². The fourth-order valence-electron chi connectivity index (χ4n) is 2.58. The summed E-state index contributed by atoms with van der Waals surface area (Å²) in [4.78, 5) is 22.7. The Morgan fingerprint density at radius 3 is 2.07 bits per heavy atom. The van der Waals surface area contributed by atoms with Gasteiger partial charge in [-0.1, -0.05) is 44.8 Å². The van der Waals surface area contributed by atoms with Gasteiger partial charge in [0, 0.05) is 19.5 Å². The minimum absolute atomic E-state index is 0.0525. The van der Waals surface area contributed by atoms with Gasteiger partial charge in [-0.3, -0.25) is 4.79 Å². The third-order valence-corrected chi connectivity index (χ3v) is 4.17. The van der Waals surface area contributed by atoms with Crippen molar-refractivity contribution in [2.45, 2.75) is 84.0 Å². The molecule has 6 nitrogen and oxygen atoms in total. The third kappa shape index (κ3) is 20.6. The summed E-state index contributed by atoms with van der Waals surface area (Å²) in [6.45, 7) is 3.64. The molecule has 3 N–H and O–H groups in total. The second-order valence-electron chi connectivity index (χ2n) is 6.75. The molecule has 0 bridgehead atoms. The second-order valence-corrected chi connectivity index (χ2v) is 6.75. The first kappa shape index (κ1) is 25.4. The number of carbonyl (C=O) groups is 2. The van der Waals surface area contributed by atoms with Crippen LogP contribution >= 0.6 is 0 Å². The minimum Gasteiger partial charge on any atom is -0.463 e. The molecule has 0 saturated heterocycles. The summed E-state index contributed by atoms with van der Waals surface area (Å²) in [5.74, 6) is -0.215. The van der Waals surface area contributed by atoms with Crippen molar-refractivity contribution in [3.8, 4) is 0 Å². The monoisotopic (exact) mass is 384 g/mol. The zero-order valence-electron chi connectivity index (χ0n) is 17.1. The first-order valence-corrected chi connectivity index (χ1v) is 10.6. The number of ether oxygens (including phenoxy) is 1. The summed E-state index contributed by atoms with van der Waals surface area (Å²) in [7, 11) is 0. The number of rotatable bonds is 18. The second kappa shape index (κ2) is 20.7. The zero-order chi connectivity index (χ0) is 20.0. The highest BCUT2D eigenvalue weighted by Gasteiger charge is 2.01. The Balaban J connectivity index is 3.27. The number of amides is 2. The smallest absolute Gasteiger partial charge is 0.314 e. The van der Waals surface area contributed by atoms with Gasteiger partial charge in [0.15, 0.2) is 0 Å². The number of aliphatic hydroxyl groups excluding tert-OH is 1. The Hall–Kier alpha value is -1.56. The van der Waals surface area contributed by atoms with E-state index in [2.05, 4.69) is 29.7 Å². The van der Waals surface area contributed by atoms with Gasteiger partial charge in [-0.05, 0) is 44.9 Å². The number of allylic oxidation sites excluding steroid dienone is 2.